The second-order valence-corrected chi connectivity index (χ2v) is 2.82. The highest BCUT2D eigenvalue weighted by Crippen LogP contribution is 1.91. The molecule has 0 aromatic rings. The SMILES string of the molecule is CCCCOCCO[C@H](C)C(=O)O. The molecule has 0 aliphatic heterocycles. The molecule has 0 fully saturated rings. The van der Waals surface area contributed by atoms with Crippen molar-refractivity contribution in [3.63, 3.8) is 0 Å². The number of rotatable bonds is 8. The van der Waals surface area contributed by atoms with Gasteiger partial charge in [0.1, 0.15) is 0 Å². The number of aliphatic carboxylic acids is 1. The molecule has 0 bridgehead atoms. The van der Waals surface area contributed by atoms with Gasteiger partial charge < -0.3 is 14.6 Å². The van der Waals surface area contributed by atoms with Crippen LogP contribution in [0.3, 0.4) is 0 Å². The van der Waals surface area contributed by atoms with Crippen LogP contribution in [-0.2, 0) is 14.3 Å². The lowest BCUT2D eigenvalue weighted by molar-refractivity contribution is -0.149. The second kappa shape index (κ2) is 8.01. The molecule has 0 aromatic heterocycles. The summed E-state index contributed by atoms with van der Waals surface area (Å²) in [5.41, 5.74) is 0. The van der Waals surface area contributed by atoms with E-state index in [1.807, 2.05) is 0 Å². The lowest BCUT2D eigenvalue weighted by atomic mass is 10.4. The van der Waals surface area contributed by atoms with E-state index in [0.717, 1.165) is 19.4 Å². The number of hydrogen-bond donors (Lipinski definition) is 1. The van der Waals surface area contributed by atoms with Gasteiger partial charge in [0.15, 0.2) is 6.10 Å². The Hall–Kier alpha value is -0.610. The topological polar surface area (TPSA) is 55.8 Å². The van der Waals surface area contributed by atoms with Crippen LogP contribution < -0.4 is 0 Å². The summed E-state index contributed by atoms with van der Waals surface area (Å²) in [5, 5.41) is 8.46. The Morgan fingerprint density at radius 3 is 2.62 bits per heavy atom. The smallest absolute Gasteiger partial charge is 0.332 e. The van der Waals surface area contributed by atoms with Crippen LogP contribution in [0.2, 0.25) is 0 Å². The molecule has 4 nitrogen and oxygen atoms in total. The van der Waals surface area contributed by atoms with E-state index in [1.54, 1.807) is 0 Å². The molecule has 0 radical (unpaired) electrons. The van der Waals surface area contributed by atoms with Gasteiger partial charge in [-0.1, -0.05) is 13.3 Å². The minimum atomic E-state index is -0.937. The molecule has 1 N–H and O–H groups in total. The average Bonchev–Trinajstić information content (AvgIpc) is 2.10. The van der Waals surface area contributed by atoms with E-state index in [1.165, 1.54) is 6.92 Å². The summed E-state index contributed by atoms with van der Waals surface area (Å²) in [5.74, 6) is -0.937. The molecule has 0 heterocycles. The van der Waals surface area contributed by atoms with Crippen LogP contribution in [0.1, 0.15) is 26.7 Å². The zero-order valence-electron chi connectivity index (χ0n) is 8.28. The molecule has 0 unspecified atom stereocenters. The van der Waals surface area contributed by atoms with Crippen molar-refractivity contribution in [2.75, 3.05) is 19.8 Å². The van der Waals surface area contributed by atoms with Crippen LogP contribution >= 0.6 is 0 Å². The van der Waals surface area contributed by atoms with Crippen molar-refractivity contribution in [2.45, 2.75) is 32.8 Å². The highest BCUT2D eigenvalue weighted by atomic mass is 16.5. The van der Waals surface area contributed by atoms with E-state index in [9.17, 15) is 4.79 Å². The van der Waals surface area contributed by atoms with Crippen LogP contribution in [-0.4, -0.2) is 37.0 Å². The summed E-state index contributed by atoms with van der Waals surface area (Å²) in [7, 11) is 0. The minimum Gasteiger partial charge on any atom is -0.479 e. The van der Waals surface area contributed by atoms with Gasteiger partial charge in [0.2, 0.25) is 0 Å². The van der Waals surface area contributed by atoms with Crippen molar-refractivity contribution in [3.8, 4) is 0 Å². The van der Waals surface area contributed by atoms with Crippen molar-refractivity contribution in [2.24, 2.45) is 0 Å². The van der Waals surface area contributed by atoms with Crippen LogP contribution in [0.15, 0.2) is 0 Å². The van der Waals surface area contributed by atoms with Crippen LogP contribution in [0.25, 0.3) is 0 Å². The number of carboxylic acids is 1. The maximum Gasteiger partial charge on any atom is 0.332 e. The first-order valence-corrected chi connectivity index (χ1v) is 4.60. The van der Waals surface area contributed by atoms with Crippen molar-refractivity contribution in [1.29, 1.82) is 0 Å². The van der Waals surface area contributed by atoms with Crippen molar-refractivity contribution in [1.82, 2.24) is 0 Å². The highest BCUT2D eigenvalue weighted by molar-refractivity contribution is 5.71. The van der Waals surface area contributed by atoms with Gasteiger partial charge in [-0.2, -0.15) is 0 Å². The molecule has 0 aliphatic rings. The van der Waals surface area contributed by atoms with Crippen LogP contribution in [0, 0.1) is 0 Å². The number of carboxylic acid groups (broad SMARTS) is 1. The molecule has 0 saturated heterocycles. The fourth-order valence-electron chi connectivity index (χ4n) is 0.704. The van der Waals surface area contributed by atoms with Gasteiger partial charge in [0, 0.05) is 6.61 Å². The summed E-state index contributed by atoms with van der Waals surface area (Å²) in [6.07, 6.45) is 1.40. The third-order valence-electron chi connectivity index (χ3n) is 1.59. The predicted octanol–water partition coefficient (Wildman–Crippen LogP) is 1.29. The monoisotopic (exact) mass is 190 g/mol. The lowest BCUT2D eigenvalue weighted by Crippen LogP contribution is -2.22. The van der Waals surface area contributed by atoms with E-state index >= 15 is 0 Å². The standard InChI is InChI=1S/C9H18O4/c1-3-4-5-12-6-7-13-8(2)9(10)11/h8H,3-7H2,1-2H3,(H,10,11)/t8-/m1/s1. The summed E-state index contributed by atoms with van der Waals surface area (Å²) >= 11 is 0. The summed E-state index contributed by atoms with van der Waals surface area (Å²) < 4.78 is 10.1. The van der Waals surface area contributed by atoms with Gasteiger partial charge in [-0.3, -0.25) is 0 Å². The quantitative estimate of drug-likeness (QED) is 0.586. The summed E-state index contributed by atoms with van der Waals surface area (Å²) in [6.45, 7) is 5.14. The van der Waals surface area contributed by atoms with Gasteiger partial charge in [-0.25, -0.2) is 4.79 Å². The van der Waals surface area contributed by atoms with Crippen LogP contribution in [0.5, 0.6) is 0 Å². The predicted molar refractivity (Wildman–Crippen MR) is 48.8 cm³/mol. The Labute approximate surface area is 78.8 Å². The van der Waals surface area contributed by atoms with E-state index in [-0.39, 0.29) is 0 Å². The molecule has 13 heavy (non-hydrogen) atoms. The molecule has 0 aromatic carbocycles. The summed E-state index contributed by atoms with van der Waals surface area (Å²) in [4.78, 5) is 10.3. The van der Waals surface area contributed by atoms with Gasteiger partial charge in [0.05, 0.1) is 13.2 Å². The fourth-order valence-corrected chi connectivity index (χ4v) is 0.704. The molecule has 0 spiro atoms. The Morgan fingerprint density at radius 1 is 1.38 bits per heavy atom. The van der Waals surface area contributed by atoms with E-state index in [4.69, 9.17) is 14.6 Å². The fraction of sp³-hybridized carbons (Fsp3) is 0.889. The molecule has 1 atom stereocenters. The van der Waals surface area contributed by atoms with Gasteiger partial charge in [-0.15, -0.1) is 0 Å². The molecule has 4 heteroatoms. The Morgan fingerprint density at radius 2 is 2.08 bits per heavy atom. The normalized spacial score (nSPS) is 12.8. The number of hydrogen-bond acceptors (Lipinski definition) is 3. The van der Waals surface area contributed by atoms with Crippen molar-refractivity contribution in [3.05, 3.63) is 0 Å². The van der Waals surface area contributed by atoms with Crippen molar-refractivity contribution < 1.29 is 19.4 Å². The van der Waals surface area contributed by atoms with Gasteiger partial charge >= 0.3 is 5.97 Å². The molecular formula is C9H18O4. The first-order valence-electron chi connectivity index (χ1n) is 4.60. The number of carbonyl (C=O) groups is 1. The largest absolute Gasteiger partial charge is 0.479 e. The first kappa shape index (κ1) is 12.4. The Bertz CT molecular complexity index is 136. The first-order chi connectivity index (χ1) is 6.18. The highest BCUT2D eigenvalue weighted by Gasteiger charge is 2.09. The summed E-state index contributed by atoms with van der Waals surface area (Å²) in [6, 6.07) is 0. The van der Waals surface area contributed by atoms with E-state index in [0.29, 0.717) is 13.2 Å². The average molecular weight is 190 g/mol. The van der Waals surface area contributed by atoms with Crippen molar-refractivity contribution >= 4 is 5.97 Å². The number of ether oxygens (including phenoxy) is 2. The maximum atomic E-state index is 10.3. The van der Waals surface area contributed by atoms with E-state index in [2.05, 4.69) is 6.92 Å². The van der Waals surface area contributed by atoms with Gasteiger partial charge in [-0.05, 0) is 13.3 Å². The van der Waals surface area contributed by atoms with Gasteiger partial charge in [0.25, 0.3) is 0 Å². The maximum absolute atomic E-state index is 10.3. The molecule has 0 aliphatic carbocycles. The third kappa shape index (κ3) is 7.74. The molecule has 0 saturated carbocycles. The zero-order valence-corrected chi connectivity index (χ0v) is 8.28. The Balaban J connectivity index is 3.11. The lowest BCUT2D eigenvalue weighted by Gasteiger charge is -2.08. The minimum absolute atomic E-state index is 0.344. The third-order valence-corrected chi connectivity index (χ3v) is 1.59. The van der Waals surface area contributed by atoms with E-state index < -0.39 is 12.1 Å². The molecule has 0 amide bonds. The molecular weight excluding hydrogens is 172 g/mol. The number of unbranched alkanes of at least 4 members (excludes halogenated alkanes) is 1. The second-order valence-electron chi connectivity index (χ2n) is 2.82. The Kier molecular flexibility index (Phi) is 7.63. The molecule has 0 rings (SSSR count). The van der Waals surface area contributed by atoms with Crippen LogP contribution in [0.4, 0.5) is 0 Å². The zero-order chi connectivity index (χ0) is 10.1. The molecule has 78 valence electrons.